The maximum Gasteiger partial charge on any atom is 0.233 e. The average Bonchev–Trinajstić information content (AvgIpc) is 3.22. The number of hydrogen-bond donors (Lipinski definition) is 0. The number of benzene rings is 2. The molecule has 0 bridgehead atoms. The molecular weight excluding hydrogens is 484 g/mol. The summed E-state index contributed by atoms with van der Waals surface area (Å²) in [7, 11) is 0. The quantitative estimate of drug-likeness (QED) is 0.228. The van der Waals surface area contributed by atoms with Crippen molar-refractivity contribution < 1.29 is 4.57 Å². The lowest BCUT2D eigenvalue weighted by molar-refractivity contribution is -0.703. The van der Waals surface area contributed by atoms with Crippen LogP contribution in [0.4, 0.5) is 0 Å². The van der Waals surface area contributed by atoms with Gasteiger partial charge in [0.1, 0.15) is 5.52 Å². The number of aromatic nitrogens is 2. The molecular formula is C38H43N2+. The van der Waals surface area contributed by atoms with E-state index in [1.807, 2.05) is 6.20 Å². The van der Waals surface area contributed by atoms with Gasteiger partial charge in [0.25, 0.3) is 0 Å². The highest BCUT2D eigenvalue weighted by Gasteiger charge is 2.58. The molecule has 1 spiro atoms. The normalized spacial score (nSPS) is 20.2. The van der Waals surface area contributed by atoms with Crippen LogP contribution in [0.15, 0.2) is 72.0 Å². The van der Waals surface area contributed by atoms with Crippen molar-refractivity contribution in [2.75, 3.05) is 0 Å². The molecule has 40 heavy (non-hydrogen) atoms. The Hall–Kier alpha value is -3.26. The third-order valence-corrected chi connectivity index (χ3v) is 10.9. The van der Waals surface area contributed by atoms with E-state index in [9.17, 15) is 0 Å². The number of pyridine rings is 2. The van der Waals surface area contributed by atoms with E-state index < -0.39 is 0 Å². The van der Waals surface area contributed by atoms with E-state index in [-0.39, 0.29) is 11.0 Å². The maximum absolute atomic E-state index is 5.06. The molecule has 0 N–H and O–H groups in total. The van der Waals surface area contributed by atoms with Crippen molar-refractivity contribution in [1.29, 1.82) is 0 Å². The summed E-state index contributed by atoms with van der Waals surface area (Å²) in [5, 5.41) is 2.82. The third kappa shape index (κ3) is 3.11. The summed E-state index contributed by atoms with van der Waals surface area (Å²) in [6.45, 7) is 16.7. The lowest BCUT2D eigenvalue weighted by Gasteiger charge is -2.35. The van der Waals surface area contributed by atoms with Crippen LogP contribution in [0.1, 0.15) is 95.9 Å². The summed E-state index contributed by atoms with van der Waals surface area (Å²) >= 11 is 0. The first-order chi connectivity index (χ1) is 19.3. The first-order valence-electron chi connectivity index (χ1n) is 15.7. The average molecular weight is 528 g/mol. The first kappa shape index (κ1) is 25.7. The van der Waals surface area contributed by atoms with Gasteiger partial charge in [0, 0.05) is 40.6 Å². The van der Waals surface area contributed by atoms with Crippen LogP contribution in [0.25, 0.3) is 33.1 Å². The highest BCUT2D eigenvalue weighted by atomic mass is 15.1. The Morgan fingerprint density at radius 1 is 0.875 bits per heavy atom. The Morgan fingerprint density at radius 2 is 1.62 bits per heavy atom. The highest BCUT2D eigenvalue weighted by molar-refractivity contribution is 6.05. The molecule has 2 aromatic carbocycles. The lowest BCUT2D eigenvalue weighted by atomic mass is 9.67. The zero-order chi connectivity index (χ0) is 28.0. The molecule has 2 aromatic heterocycles. The Bertz CT molecular complexity index is 1760. The number of allylic oxidation sites excluding steroid dienone is 4. The summed E-state index contributed by atoms with van der Waals surface area (Å²) in [5.41, 5.74) is 13.9. The lowest BCUT2D eigenvalue weighted by Crippen LogP contribution is -2.56. The highest BCUT2D eigenvalue weighted by Crippen LogP contribution is 2.58. The number of fused-ring (bicyclic) bond motifs is 4. The van der Waals surface area contributed by atoms with Gasteiger partial charge in [-0.25, -0.2) is 4.98 Å². The molecule has 3 heterocycles. The molecule has 0 saturated carbocycles. The van der Waals surface area contributed by atoms with Crippen LogP contribution in [-0.4, -0.2) is 4.98 Å². The van der Waals surface area contributed by atoms with Gasteiger partial charge in [-0.05, 0) is 78.7 Å². The fourth-order valence-electron chi connectivity index (χ4n) is 8.90. The second-order valence-corrected chi connectivity index (χ2v) is 13.1. The van der Waals surface area contributed by atoms with Gasteiger partial charge < -0.3 is 0 Å². The number of hydrogen-bond acceptors (Lipinski definition) is 1. The van der Waals surface area contributed by atoms with Gasteiger partial charge in [-0.3, -0.25) is 0 Å². The SMILES string of the molecule is CCC(CC)C1=CC2(CC(C(CC)CC)=C1)c1ccc3cccc4c3c1-c1c(c(C)c3ncccc3[n+]12)C4(C)C. The minimum absolute atomic E-state index is 0.117. The molecule has 0 amide bonds. The van der Waals surface area contributed by atoms with Crippen molar-refractivity contribution in [3.05, 3.63) is 94.2 Å². The van der Waals surface area contributed by atoms with Crippen LogP contribution >= 0.6 is 0 Å². The van der Waals surface area contributed by atoms with E-state index >= 15 is 0 Å². The molecule has 1 atom stereocenters. The van der Waals surface area contributed by atoms with E-state index in [0.29, 0.717) is 11.8 Å². The van der Waals surface area contributed by atoms with E-state index in [0.717, 1.165) is 11.9 Å². The molecule has 1 unspecified atom stereocenters. The minimum Gasteiger partial charge on any atom is -0.250 e. The topological polar surface area (TPSA) is 16.8 Å². The Labute approximate surface area is 239 Å². The van der Waals surface area contributed by atoms with Gasteiger partial charge in [-0.2, -0.15) is 4.57 Å². The van der Waals surface area contributed by atoms with Crippen molar-refractivity contribution in [2.24, 2.45) is 11.8 Å². The largest absolute Gasteiger partial charge is 0.250 e. The van der Waals surface area contributed by atoms with Crippen molar-refractivity contribution >= 4 is 21.8 Å². The predicted octanol–water partition coefficient (Wildman–Crippen LogP) is 9.48. The van der Waals surface area contributed by atoms with Gasteiger partial charge in [0.2, 0.25) is 16.7 Å². The number of nitrogens with zero attached hydrogens (tertiary/aromatic N) is 2. The standard InChI is InChI=1S/C38H43N2/c1-8-24(9-2)27-20-28(25(10-3)11-4)22-38(21-27)30-18-17-26-14-12-15-29-32(26)33(30)36-34(37(29,6)7)23(5)35-31(40(36)38)16-13-19-39-35/h12-21,24-25H,8-11,22H2,1-7H3/q+1. The van der Waals surface area contributed by atoms with Crippen LogP contribution in [0.3, 0.4) is 0 Å². The van der Waals surface area contributed by atoms with Crippen LogP contribution in [0.5, 0.6) is 0 Å². The summed E-state index contributed by atoms with van der Waals surface area (Å²) in [5.74, 6) is 1.18. The molecule has 2 aliphatic carbocycles. The van der Waals surface area contributed by atoms with Gasteiger partial charge in [0.15, 0.2) is 0 Å². The summed E-state index contributed by atoms with van der Waals surface area (Å²) in [6, 6.07) is 16.3. The van der Waals surface area contributed by atoms with E-state index in [1.54, 1.807) is 5.57 Å². The van der Waals surface area contributed by atoms with E-state index in [4.69, 9.17) is 4.98 Å². The molecule has 2 nitrogen and oxygen atoms in total. The van der Waals surface area contributed by atoms with Gasteiger partial charge >= 0.3 is 0 Å². The van der Waals surface area contributed by atoms with Crippen molar-refractivity contribution in [2.45, 2.75) is 91.5 Å². The van der Waals surface area contributed by atoms with Gasteiger partial charge in [-0.1, -0.05) is 83.5 Å². The zero-order valence-corrected chi connectivity index (χ0v) is 25.4. The number of rotatable bonds is 6. The minimum atomic E-state index is -0.249. The first-order valence-corrected chi connectivity index (χ1v) is 15.7. The predicted molar refractivity (Wildman–Crippen MR) is 168 cm³/mol. The molecule has 0 fully saturated rings. The maximum atomic E-state index is 5.06. The van der Waals surface area contributed by atoms with Crippen LogP contribution in [-0.2, 0) is 11.0 Å². The molecule has 204 valence electrons. The Kier molecular flexibility index (Phi) is 5.70. The van der Waals surface area contributed by atoms with E-state index in [1.165, 1.54) is 81.1 Å². The van der Waals surface area contributed by atoms with Crippen LogP contribution in [0.2, 0.25) is 0 Å². The second kappa shape index (κ2) is 8.87. The van der Waals surface area contributed by atoms with Crippen molar-refractivity contribution in [3.8, 4) is 11.3 Å². The Morgan fingerprint density at radius 3 is 2.35 bits per heavy atom. The summed E-state index contributed by atoms with van der Waals surface area (Å²) < 4.78 is 2.76. The molecule has 3 aliphatic rings. The van der Waals surface area contributed by atoms with Crippen LogP contribution in [0, 0.1) is 18.8 Å². The third-order valence-electron chi connectivity index (χ3n) is 10.9. The summed E-state index contributed by atoms with van der Waals surface area (Å²) in [4.78, 5) is 5.06. The smallest absolute Gasteiger partial charge is 0.233 e. The number of aryl methyl sites for hydroxylation is 1. The monoisotopic (exact) mass is 527 g/mol. The molecule has 0 saturated heterocycles. The fourth-order valence-corrected chi connectivity index (χ4v) is 8.90. The molecule has 4 aromatic rings. The molecule has 0 radical (unpaired) electrons. The van der Waals surface area contributed by atoms with Gasteiger partial charge in [-0.15, -0.1) is 0 Å². The van der Waals surface area contributed by atoms with E-state index in [2.05, 4.69) is 108 Å². The van der Waals surface area contributed by atoms with Crippen LogP contribution < -0.4 is 4.57 Å². The zero-order valence-electron chi connectivity index (χ0n) is 25.4. The summed E-state index contributed by atoms with van der Waals surface area (Å²) in [6.07, 6.45) is 13.1. The van der Waals surface area contributed by atoms with Crippen molar-refractivity contribution in [3.63, 3.8) is 0 Å². The fraction of sp³-hybridized carbons (Fsp3) is 0.421. The molecule has 2 heteroatoms. The Balaban J connectivity index is 1.70. The second-order valence-electron chi connectivity index (χ2n) is 13.1. The van der Waals surface area contributed by atoms with Gasteiger partial charge in [0.05, 0.1) is 5.56 Å². The van der Waals surface area contributed by atoms with Crippen molar-refractivity contribution in [1.82, 2.24) is 4.98 Å². The molecule has 7 rings (SSSR count). The molecule has 1 aliphatic heterocycles.